The second-order valence-corrected chi connectivity index (χ2v) is 13.9. The highest BCUT2D eigenvalue weighted by atomic mass is 19.2. The highest BCUT2D eigenvalue weighted by Crippen LogP contribution is 2.44. The summed E-state index contributed by atoms with van der Waals surface area (Å²) in [6, 6.07) is 55.3. The lowest BCUT2D eigenvalue weighted by Gasteiger charge is -2.26. The van der Waals surface area contributed by atoms with E-state index in [2.05, 4.69) is 89.8 Å². The van der Waals surface area contributed by atoms with E-state index < -0.39 is 34.6 Å². The second kappa shape index (κ2) is 13.5. The quantitative estimate of drug-likeness (QED) is 0.0728. The average molecular weight is 754 g/mol. The van der Waals surface area contributed by atoms with E-state index in [4.69, 9.17) is 4.42 Å². The maximum Gasteiger partial charge on any atom is 0.200 e. The molecule has 9 aromatic carbocycles. The Morgan fingerprint density at radius 2 is 0.860 bits per heavy atom. The highest BCUT2D eigenvalue weighted by Gasteiger charge is 2.27. The summed E-state index contributed by atoms with van der Waals surface area (Å²) >= 11 is 0. The maximum atomic E-state index is 14.6. The average Bonchev–Trinajstić information content (AvgIpc) is 3.65. The van der Waals surface area contributed by atoms with E-state index in [0.717, 1.165) is 55.7 Å². The minimum atomic E-state index is -2.19. The molecule has 0 aliphatic rings. The number of anilines is 3. The molecule has 1 heterocycles. The molecule has 0 fully saturated rings. The summed E-state index contributed by atoms with van der Waals surface area (Å²) in [5.74, 6) is -9.90. The fraction of sp³-hybridized carbons (Fsp3) is 0. The van der Waals surface area contributed by atoms with Crippen molar-refractivity contribution in [3.05, 3.63) is 199 Å². The zero-order valence-corrected chi connectivity index (χ0v) is 29.9. The summed E-state index contributed by atoms with van der Waals surface area (Å²) in [7, 11) is 0. The van der Waals surface area contributed by atoms with Crippen molar-refractivity contribution in [1.82, 2.24) is 0 Å². The Morgan fingerprint density at radius 3 is 1.53 bits per heavy atom. The number of benzene rings is 9. The highest BCUT2D eigenvalue weighted by molar-refractivity contribution is 6.14. The predicted octanol–water partition coefficient (Wildman–Crippen LogP) is 15.1. The Kier molecular flexibility index (Phi) is 8.11. The third kappa shape index (κ3) is 5.62. The molecule has 0 bridgehead atoms. The van der Waals surface area contributed by atoms with Crippen LogP contribution in [0.1, 0.15) is 0 Å². The van der Waals surface area contributed by atoms with E-state index in [9.17, 15) is 22.0 Å². The smallest absolute Gasteiger partial charge is 0.200 e. The first-order chi connectivity index (χ1) is 27.9. The van der Waals surface area contributed by atoms with Crippen molar-refractivity contribution in [2.45, 2.75) is 0 Å². The third-order valence-corrected chi connectivity index (χ3v) is 10.7. The van der Waals surface area contributed by atoms with Gasteiger partial charge in [0.25, 0.3) is 0 Å². The molecule has 0 radical (unpaired) electrons. The van der Waals surface area contributed by atoms with Gasteiger partial charge in [-0.05, 0) is 91.8 Å². The summed E-state index contributed by atoms with van der Waals surface area (Å²) < 4.78 is 77.2. The molecule has 0 spiro atoms. The first kappa shape index (κ1) is 34.3. The van der Waals surface area contributed by atoms with Crippen molar-refractivity contribution < 1.29 is 26.4 Å². The molecule has 0 aliphatic heterocycles. The molecule has 10 aromatic rings. The number of nitrogens with zero attached hydrogens (tertiary/aromatic N) is 1. The van der Waals surface area contributed by atoms with Crippen molar-refractivity contribution in [1.29, 1.82) is 0 Å². The van der Waals surface area contributed by atoms with Gasteiger partial charge in [-0.25, -0.2) is 22.0 Å². The van der Waals surface area contributed by atoms with Crippen molar-refractivity contribution >= 4 is 60.5 Å². The number of para-hydroxylation sites is 2. The summed E-state index contributed by atoms with van der Waals surface area (Å²) in [5.41, 5.74) is 6.67. The summed E-state index contributed by atoms with van der Waals surface area (Å²) in [5, 5.41) is 6.74. The van der Waals surface area contributed by atoms with Crippen LogP contribution in [0.2, 0.25) is 0 Å². The molecule has 57 heavy (non-hydrogen) atoms. The predicted molar refractivity (Wildman–Crippen MR) is 220 cm³/mol. The van der Waals surface area contributed by atoms with Crippen LogP contribution in [0.15, 0.2) is 174 Å². The fourth-order valence-electron chi connectivity index (χ4n) is 7.91. The van der Waals surface area contributed by atoms with Crippen LogP contribution in [0.4, 0.5) is 39.0 Å². The van der Waals surface area contributed by atoms with Crippen molar-refractivity contribution in [2.75, 3.05) is 4.90 Å². The largest absolute Gasteiger partial charge is 0.454 e. The van der Waals surface area contributed by atoms with Crippen molar-refractivity contribution in [3.8, 4) is 33.4 Å². The molecular formula is C50H28F5NO. The van der Waals surface area contributed by atoms with Gasteiger partial charge in [0.2, 0.25) is 5.82 Å². The maximum absolute atomic E-state index is 14.6. The van der Waals surface area contributed by atoms with Gasteiger partial charge in [-0.1, -0.05) is 127 Å². The van der Waals surface area contributed by atoms with Gasteiger partial charge in [0.15, 0.2) is 28.9 Å². The van der Waals surface area contributed by atoms with Crippen LogP contribution in [0.3, 0.4) is 0 Å². The Labute approximate surface area is 323 Å². The van der Waals surface area contributed by atoms with E-state index >= 15 is 0 Å². The molecule has 10 rings (SSSR count). The molecule has 0 N–H and O–H groups in total. The van der Waals surface area contributed by atoms with Gasteiger partial charge in [0.1, 0.15) is 5.58 Å². The standard InChI is InChI=1S/C50H28F5NO/c51-45-44(46(52)48(54)49(55)47(45)53)32-18-16-29(17-19-32)30-20-24-34(25-21-30)56(42-14-7-13-40-39-12-5-6-15-43(39)57-50(40)42)35-26-22-31(23-27-35)41-28-33-8-1-2-9-36(33)37-10-3-4-11-38(37)41/h1-28H. The van der Waals surface area contributed by atoms with Crippen LogP contribution in [-0.2, 0) is 0 Å². The fourth-order valence-corrected chi connectivity index (χ4v) is 7.91. The molecule has 0 amide bonds. The Hall–Kier alpha value is -7.25. The monoisotopic (exact) mass is 753 g/mol. The number of hydrogen-bond donors (Lipinski definition) is 0. The number of fused-ring (bicyclic) bond motifs is 6. The second-order valence-electron chi connectivity index (χ2n) is 13.9. The van der Waals surface area contributed by atoms with Crippen LogP contribution < -0.4 is 4.90 Å². The van der Waals surface area contributed by atoms with E-state index in [1.54, 1.807) is 12.1 Å². The topological polar surface area (TPSA) is 16.4 Å². The van der Waals surface area contributed by atoms with Crippen LogP contribution in [0.5, 0.6) is 0 Å². The molecule has 7 heteroatoms. The zero-order chi connectivity index (χ0) is 38.8. The van der Waals surface area contributed by atoms with Crippen LogP contribution in [-0.4, -0.2) is 0 Å². The molecular weight excluding hydrogens is 726 g/mol. The van der Waals surface area contributed by atoms with Gasteiger partial charge in [0, 0.05) is 22.1 Å². The first-order valence-electron chi connectivity index (χ1n) is 18.3. The Morgan fingerprint density at radius 1 is 0.368 bits per heavy atom. The summed E-state index contributed by atoms with van der Waals surface area (Å²) in [6.45, 7) is 0. The lowest BCUT2D eigenvalue weighted by molar-refractivity contribution is 0.381. The lowest BCUT2D eigenvalue weighted by atomic mass is 9.93. The van der Waals surface area contributed by atoms with E-state index in [0.29, 0.717) is 5.56 Å². The molecule has 0 unspecified atom stereocenters. The van der Waals surface area contributed by atoms with Gasteiger partial charge >= 0.3 is 0 Å². The number of furan rings is 1. The minimum Gasteiger partial charge on any atom is -0.454 e. The van der Waals surface area contributed by atoms with E-state index in [-0.39, 0.29) is 5.56 Å². The van der Waals surface area contributed by atoms with E-state index in [1.807, 2.05) is 60.7 Å². The summed E-state index contributed by atoms with van der Waals surface area (Å²) in [6.07, 6.45) is 0. The molecule has 1 aromatic heterocycles. The van der Waals surface area contributed by atoms with Gasteiger partial charge < -0.3 is 9.32 Å². The molecule has 0 atom stereocenters. The number of rotatable bonds is 6. The SMILES string of the molecule is Fc1c(F)c(F)c(-c2ccc(-c3ccc(N(c4ccc(-c5cc6ccccc6c6ccccc56)cc4)c4cccc5c4oc4ccccc45)cc3)cc2)c(F)c1F. The first-order valence-corrected chi connectivity index (χ1v) is 18.3. The van der Waals surface area contributed by atoms with Crippen molar-refractivity contribution in [3.63, 3.8) is 0 Å². The molecule has 274 valence electrons. The van der Waals surface area contributed by atoms with Crippen molar-refractivity contribution in [2.24, 2.45) is 0 Å². The molecule has 2 nitrogen and oxygen atoms in total. The van der Waals surface area contributed by atoms with Gasteiger partial charge in [-0.3, -0.25) is 0 Å². The number of hydrogen-bond acceptors (Lipinski definition) is 2. The Balaban J connectivity index is 1.06. The number of halogens is 5. The molecule has 0 aliphatic carbocycles. The molecule has 0 saturated heterocycles. The van der Waals surface area contributed by atoms with Gasteiger partial charge in [-0.2, -0.15) is 0 Å². The molecule has 0 saturated carbocycles. The summed E-state index contributed by atoms with van der Waals surface area (Å²) in [4.78, 5) is 2.14. The Bertz CT molecular complexity index is 3140. The normalized spacial score (nSPS) is 11.6. The van der Waals surface area contributed by atoms with Crippen LogP contribution in [0.25, 0.3) is 76.9 Å². The van der Waals surface area contributed by atoms with Gasteiger partial charge in [-0.15, -0.1) is 0 Å². The minimum absolute atomic E-state index is 0.131. The zero-order valence-electron chi connectivity index (χ0n) is 29.9. The van der Waals surface area contributed by atoms with E-state index in [1.165, 1.54) is 33.7 Å². The lowest BCUT2D eigenvalue weighted by Crippen LogP contribution is -2.10. The van der Waals surface area contributed by atoms with Gasteiger partial charge in [0.05, 0.1) is 11.3 Å². The van der Waals surface area contributed by atoms with Crippen LogP contribution >= 0.6 is 0 Å². The third-order valence-electron chi connectivity index (χ3n) is 10.7. The van der Waals surface area contributed by atoms with Crippen LogP contribution in [0, 0.1) is 29.1 Å².